The van der Waals surface area contributed by atoms with Crippen molar-refractivity contribution in [1.82, 2.24) is 0 Å². The Labute approximate surface area is 123 Å². The van der Waals surface area contributed by atoms with Crippen molar-refractivity contribution in [1.29, 1.82) is 5.26 Å². The number of hydrogen-bond donors (Lipinski definition) is 0. The summed E-state index contributed by atoms with van der Waals surface area (Å²) in [5.74, 6) is 0. The second kappa shape index (κ2) is 5.78. The summed E-state index contributed by atoms with van der Waals surface area (Å²) in [5, 5.41) is 9.20. The van der Waals surface area contributed by atoms with Gasteiger partial charge in [0, 0.05) is 9.79 Å². The van der Waals surface area contributed by atoms with Crippen LogP contribution in [0.4, 0.5) is 13.2 Å². The number of hydrogen-bond acceptors (Lipinski definition) is 2. The van der Waals surface area contributed by atoms with Crippen molar-refractivity contribution in [3.8, 4) is 6.07 Å². The Hall–Kier alpha value is -1.64. The summed E-state index contributed by atoms with van der Waals surface area (Å²) >= 11 is 7.09. The van der Waals surface area contributed by atoms with Gasteiger partial charge in [0.15, 0.2) is 0 Å². The van der Waals surface area contributed by atoms with E-state index in [0.717, 1.165) is 17.8 Å². The highest BCUT2D eigenvalue weighted by Crippen LogP contribution is 2.38. The maximum absolute atomic E-state index is 12.8. The number of rotatable bonds is 2. The zero-order valence-corrected chi connectivity index (χ0v) is 11.5. The molecule has 20 heavy (non-hydrogen) atoms. The summed E-state index contributed by atoms with van der Waals surface area (Å²) in [6.45, 7) is 0. The molecule has 0 aliphatic heterocycles. The number of halogens is 4. The molecule has 102 valence electrons. The number of alkyl halides is 3. The highest BCUT2D eigenvalue weighted by molar-refractivity contribution is 7.99. The Bertz CT molecular complexity index is 677. The lowest BCUT2D eigenvalue weighted by Gasteiger charge is -2.11. The molecule has 0 heterocycles. The van der Waals surface area contributed by atoms with Crippen LogP contribution in [0.25, 0.3) is 0 Å². The molecule has 0 atom stereocenters. The highest BCUT2D eigenvalue weighted by atomic mass is 35.5. The normalized spacial score (nSPS) is 11.2. The van der Waals surface area contributed by atoms with Gasteiger partial charge in [-0.15, -0.1) is 0 Å². The van der Waals surface area contributed by atoms with Crippen LogP contribution in [-0.2, 0) is 6.18 Å². The van der Waals surface area contributed by atoms with Crippen LogP contribution in [0.3, 0.4) is 0 Å². The minimum absolute atomic E-state index is 0.379. The molecule has 0 amide bonds. The van der Waals surface area contributed by atoms with E-state index >= 15 is 0 Å². The number of nitriles is 1. The van der Waals surface area contributed by atoms with Gasteiger partial charge in [-0.3, -0.25) is 0 Å². The van der Waals surface area contributed by atoms with Gasteiger partial charge in [0.2, 0.25) is 0 Å². The van der Waals surface area contributed by atoms with Gasteiger partial charge in [-0.25, -0.2) is 0 Å². The first-order chi connectivity index (χ1) is 9.41. The Kier molecular flexibility index (Phi) is 4.26. The average molecular weight is 314 g/mol. The Morgan fingerprint density at radius 1 is 1.10 bits per heavy atom. The minimum Gasteiger partial charge on any atom is -0.192 e. The van der Waals surface area contributed by atoms with Gasteiger partial charge in [-0.05, 0) is 30.3 Å². The van der Waals surface area contributed by atoms with Crippen molar-refractivity contribution in [3.63, 3.8) is 0 Å². The minimum atomic E-state index is -4.55. The third-order valence-electron chi connectivity index (χ3n) is 2.48. The highest BCUT2D eigenvalue weighted by Gasteiger charge is 2.33. The fourth-order valence-corrected chi connectivity index (χ4v) is 2.70. The molecule has 0 aliphatic carbocycles. The van der Waals surface area contributed by atoms with E-state index in [0.29, 0.717) is 14.8 Å². The summed E-state index contributed by atoms with van der Waals surface area (Å²) < 4.78 is 38.5. The maximum atomic E-state index is 12.8. The van der Waals surface area contributed by atoms with Gasteiger partial charge >= 0.3 is 6.18 Å². The summed E-state index contributed by atoms with van der Waals surface area (Å²) in [6.07, 6.45) is -4.55. The van der Waals surface area contributed by atoms with E-state index in [-0.39, 0.29) is 5.56 Å². The molecule has 2 aromatic rings. The third-order valence-corrected chi connectivity index (χ3v) is 3.99. The van der Waals surface area contributed by atoms with Crippen LogP contribution in [0.5, 0.6) is 0 Å². The first kappa shape index (κ1) is 14.8. The van der Waals surface area contributed by atoms with Gasteiger partial charge in [-0.1, -0.05) is 35.5 Å². The van der Waals surface area contributed by atoms with Crippen LogP contribution < -0.4 is 0 Å². The second-order valence-electron chi connectivity index (χ2n) is 3.85. The van der Waals surface area contributed by atoms with E-state index in [1.165, 1.54) is 12.1 Å². The average Bonchev–Trinajstić information content (AvgIpc) is 2.40. The Balaban J connectivity index is 2.40. The molecule has 0 saturated carbocycles. The quantitative estimate of drug-likeness (QED) is 0.743. The topological polar surface area (TPSA) is 23.8 Å². The lowest BCUT2D eigenvalue weighted by Crippen LogP contribution is -2.07. The van der Waals surface area contributed by atoms with Crippen LogP contribution in [0.15, 0.2) is 52.3 Å². The molecule has 0 radical (unpaired) electrons. The van der Waals surface area contributed by atoms with Crippen molar-refractivity contribution in [2.75, 3.05) is 0 Å². The summed E-state index contributed by atoms with van der Waals surface area (Å²) in [5.41, 5.74) is -1.32. The van der Waals surface area contributed by atoms with Crippen LogP contribution in [0, 0.1) is 11.3 Å². The summed E-state index contributed by atoms with van der Waals surface area (Å²) in [4.78, 5) is 1.04. The molecule has 2 rings (SSSR count). The van der Waals surface area contributed by atoms with E-state index in [9.17, 15) is 13.2 Å². The third kappa shape index (κ3) is 3.27. The summed E-state index contributed by atoms with van der Waals surface area (Å²) in [6, 6.07) is 12.0. The van der Waals surface area contributed by atoms with E-state index in [2.05, 4.69) is 0 Å². The maximum Gasteiger partial charge on any atom is 0.417 e. The molecule has 2 aromatic carbocycles. The Morgan fingerprint density at radius 3 is 2.40 bits per heavy atom. The summed E-state index contributed by atoms with van der Waals surface area (Å²) in [7, 11) is 0. The lowest BCUT2D eigenvalue weighted by molar-refractivity contribution is -0.137. The van der Waals surface area contributed by atoms with Crippen LogP contribution in [-0.4, -0.2) is 0 Å². The predicted molar refractivity (Wildman–Crippen MR) is 71.7 cm³/mol. The zero-order valence-electron chi connectivity index (χ0n) is 9.91. The predicted octanol–water partition coefficient (Wildman–Crippen LogP) is 5.38. The smallest absolute Gasteiger partial charge is 0.192 e. The molecule has 0 spiro atoms. The van der Waals surface area contributed by atoms with Crippen LogP contribution in [0.1, 0.15) is 11.1 Å². The second-order valence-corrected chi connectivity index (χ2v) is 5.37. The first-order valence-corrected chi connectivity index (χ1v) is 6.65. The van der Waals surface area contributed by atoms with Gasteiger partial charge in [0.05, 0.1) is 22.2 Å². The van der Waals surface area contributed by atoms with Gasteiger partial charge in [0.1, 0.15) is 0 Å². The molecular weight excluding hydrogens is 307 g/mol. The number of benzene rings is 2. The number of nitrogens with zero attached hydrogens (tertiary/aromatic N) is 1. The molecule has 0 N–H and O–H groups in total. The van der Waals surface area contributed by atoms with Crippen LogP contribution in [0.2, 0.25) is 5.02 Å². The van der Waals surface area contributed by atoms with E-state index < -0.39 is 11.7 Å². The zero-order chi connectivity index (χ0) is 14.8. The molecular formula is C14H7ClF3NS. The van der Waals surface area contributed by atoms with Crippen molar-refractivity contribution < 1.29 is 13.2 Å². The molecule has 0 unspecified atom stereocenters. The van der Waals surface area contributed by atoms with Crippen molar-refractivity contribution in [2.24, 2.45) is 0 Å². The molecule has 0 saturated heterocycles. The lowest BCUT2D eigenvalue weighted by atomic mass is 10.1. The first-order valence-electron chi connectivity index (χ1n) is 5.45. The fourth-order valence-electron chi connectivity index (χ4n) is 1.57. The van der Waals surface area contributed by atoms with Crippen molar-refractivity contribution in [2.45, 2.75) is 16.0 Å². The van der Waals surface area contributed by atoms with Crippen molar-refractivity contribution >= 4 is 23.4 Å². The monoisotopic (exact) mass is 313 g/mol. The van der Waals surface area contributed by atoms with Gasteiger partial charge < -0.3 is 0 Å². The fraction of sp³-hybridized carbons (Fsp3) is 0.0714. The standard InChI is InChI=1S/C14H7ClF3NS/c15-12-3-1-2-4-13(12)20-10-6-5-9(8-19)11(7-10)14(16,17)18/h1-7H. The van der Waals surface area contributed by atoms with Crippen LogP contribution >= 0.6 is 23.4 Å². The largest absolute Gasteiger partial charge is 0.417 e. The molecule has 6 heteroatoms. The Morgan fingerprint density at radius 2 is 1.80 bits per heavy atom. The van der Waals surface area contributed by atoms with E-state index in [4.69, 9.17) is 16.9 Å². The molecule has 0 aliphatic rings. The van der Waals surface area contributed by atoms with E-state index in [1.54, 1.807) is 30.3 Å². The molecule has 0 fully saturated rings. The molecule has 0 aromatic heterocycles. The molecule has 1 nitrogen and oxygen atoms in total. The SMILES string of the molecule is N#Cc1ccc(Sc2ccccc2Cl)cc1C(F)(F)F. The van der Waals surface area contributed by atoms with Crippen molar-refractivity contribution in [3.05, 3.63) is 58.6 Å². The van der Waals surface area contributed by atoms with Gasteiger partial charge in [0.25, 0.3) is 0 Å². The molecule has 0 bridgehead atoms. The van der Waals surface area contributed by atoms with E-state index in [1.807, 2.05) is 0 Å². The van der Waals surface area contributed by atoms with Gasteiger partial charge in [-0.2, -0.15) is 18.4 Å².